The van der Waals surface area contributed by atoms with E-state index >= 15 is 0 Å². The molecule has 1 saturated heterocycles. The van der Waals surface area contributed by atoms with Gasteiger partial charge in [0.1, 0.15) is 6.17 Å². The van der Waals surface area contributed by atoms with Gasteiger partial charge in [-0.2, -0.15) is 4.31 Å². The number of nitrogens with zero attached hydrogens (tertiary/aromatic N) is 1. The smallest absolute Gasteiger partial charge is 0.218 e. The van der Waals surface area contributed by atoms with Crippen molar-refractivity contribution in [3.05, 3.63) is 60.2 Å². The van der Waals surface area contributed by atoms with Crippen LogP contribution in [-0.4, -0.2) is 30.7 Å². The Morgan fingerprint density at radius 3 is 2.32 bits per heavy atom. The number of benzene rings is 2. The second kappa shape index (κ2) is 5.00. The number of para-hydroxylation sites is 2. The fourth-order valence-corrected chi connectivity index (χ4v) is 4.94. The van der Waals surface area contributed by atoms with Crippen LogP contribution in [0.3, 0.4) is 0 Å². The number of hydrogen-bond acceptors (Lipinski definition) is 4. The van der Waals surface area contributed by atoms with Crippen molar-refractivity contribution in [3.63, 3.8) is 0 Å². The fraction of sp³-hybridized carbons (Fsp3) is 0.250. The number of fused-ring (bicyclic) bond motifs is 2. The summed E-state index contributed by atoms with van der Waals surface area (Å²) in [5.74, 6) is 0.117. The summed E-state index contributed by atoms with van der Waals surface area (Å²) in [6.45, 7) is 0.390. The first kappa shape index (κ1) is 13.6. The van der Waals surface area contributed by atoms with Crippen LogP contribution in [0.1, 0.15) is 5.56 Å². The van der Waals surface area contributed by atoms with Gasteiger partial charge in [0.2, 0.25) is 10.0 Å². The molecule has 2 aliphatic heterocycles. The Morgan fingerprint density at radius 1 is 0.955 bits per heavy atom. The van der Waals surface area contributed by atoms with Crippen molar-refractivity contribution in [1.29, 1.82) is 0 Å². The van der Waals surface area contributed by atoms with E-state index in [2.05, 4.69) is 10.6 Å². The van der Waals surface area contributed by atoms with E-state index in [0.717, 1.165) is 16.9 Å². The number of hydrogen-bond donors (Lipinski definition) is 2. The molecular formula is C16H17N3O2S. The maximum atomic E-state index is 12.5. The summed E-state index contributed by atoms with van der Waals surface area (Å²) < 4.78 is 26.6. The Labute approximate surface area is 130 Å². The summed E-state index contributed by atoms with van der Waals surface area (Å²) >= 11 is 0. The maximum absolute atomic E-state index is 12.5. The van der Waals surface area contributed by atoms with Gasteiger partial charge in [-0.15, -0.1) is 0 Å². The van der Waals surface area contributed by atoms with Crippen LogP contribution in [0.2, 0.25) is 0 Å². The van der Waals surface area contributed by atoms with Gasteiger partial charge in [0, 0.05) is 6.54 Å². The molecule has 4 rings (SSSR count). The van der Waals surface area contributed by atoms with Crippen molar-refractivity contribution in [2.24, 2.45) is 0 Å². The van der Waals surface area contributed by atoms with E-state index in [1.165, 1.54) is 0 Å². The lowest BCUT2D eigenvalue weighted by Crippen LogP contribution is -2.47. The first-order valence-electron chi connectivity index (χ1n) is 7.29. The molecule has 2 N–H and O–H groups in total. The SMILES string of the molecule is O=S1(=O)CC2Nc3ccccc3NC2N1Cc1ccccc1. The number of anilines is 2. The first-order chi connectivity index (χ1) is 10.6. The second-order valence-electron chi connectivity index (χ2n) is 5.69. The van der Waals surface area contributed by atoms with E-state index in [4.69, 9.17) is 0 Å². The minimum atomic E-state index is -3.28. The van der Waals surface area contributed by atoms with Gasteiger partial charge in [-0.25, -0.2) is 8.42 Å². The molecule has 0 saturated carbocycles. The fourth-order valence-electron chi connectivity index (χ4n) is 3.13. The van der Waals surface area contributed by atoms with E-state index in [1.54, 1.807) is 4.31 Å². The third-order valence-corrected chi connectivity index (χ3v) is 6.04. The standard InChI is InChI=1S/C16H17N3O2S/c20-22(21)11-15-16(18-14-9-5-4-8-13(14)17-15)19(22)10-12-6-2-1-3-7-12/h1-9,15-18H,10-11H2. The molecule has 6 heteroatoms. The predicted molar refractivity (Wildman–Crippen MR) is 87.0 cm³/mol. The van der Waals surface area contributed by atoms with Crippen molar-refractivity contribution < 1.29 is 8.42 Å². The van der Waals surface area contributed by atoms with Crippen LogP contribution in [0.15, 0.2) is 54.6 Å². The molecule has 2 aromatic rings. The van der Waals surface area contributed by atoms with Crippen molar-refractivity contribution >= 4 is 21.4 Å². The van der Waals surface area contributed by atoms with Gasteiger partial charge >= 0.3 is 0 Å². The molecule has 0 amide bonds. The molecular weight excluding hydrogens is 298 g/mol. The lowest BCUT2D eigenvalue weighted by atomic mass is 10.1. The summed E-state index contributed by atoms with van der Waals surface area (Å²) in [6.07, 6.45) is -0.250. The van der Waals surface area contributed by atoms with E-state index in [0.29, 0.717) is 6.54 Å². The van der Waals surface area contributed by atoms with Gasteiger partial charge in [-0.05, 0) is 17.7 Å². The number of sulfonamides is 1. The van der Waals surface area contributed by atoms with E-state index in [9.17, 15) is 8.42 Å². The molecule has 22 heavy (non-hydrogen) atoms. The summed E-state index contributed by atoms with van der Waals surface area (Å²) in [5, 5.41) is 6.72. The van der Waals surface area contributed by atoms with Gasteiger partial charge in [0.15, 0.2) is 0 Å². The van der Waals surface area contributed by atoms with Crippen molar-refractivity contribution in [3.8, 4) is 0 Å². The Balaban J connectivity index is 1.67. The summed E-state index contributed by atoms with van der Waals surface area (Å²) in [4.78, 5) is 0. The summed E-state index contributed by atoms with van der Waals surface area (Å²) in [7, 11) is -3.28. The van der Waals surface area contributed by atoms with E-state index in [-0.39, 0.29) is 18.0 Å². The Hall–Kier alpha value is -2.05. The molecule has 2 unspecified atom stereocenters. The highest BCUT2D eigenvalue weighted by Crippen LogP contribution is 2.35. The molecule has 0 aromatic heterocycles. The van der Waals surface area contributed by atoms with Gasteiger partial charge in [-0.1, -0.05) is 42.5 Å². The van der Waals surface area contributed by atoms with Gasteiger partial charge in [0.25, 0.3) is 0 Å². The normalized spacial score (nSPS) is 25.6. The highest BCUT2D eigenvalue weighted by molar-refractivity contribution is 7.89. The van der Waals surface area contributed by atoms with Gasteiger partial charge < -0.3 is 10.6 Å². The minimum Gasteiger partial charge on any atom is -0.376 e. The lowest BCUT2D eigenvalue weighted by Gasteiger charge is -2.34. The van der Waals surface area contributed by atoms with Gasteiger partial charge in [0.05, 0.1) is 23.2 Å². The van der Waals surface area contributed by atoms with Gasteiger partial charge in [-0.3, -0.25) is 0 Å². The molecule has 2 atom stereocenters. The average molecular weight is 315 g/mol. The van der Waals surface area contributed by atoms with Crippen molar-refractivity contribution in [1.82, 2.24) is 4.31 Å². The highest BCUT2D eigenvalue weighted by Gasteiger charge is 2.47. The Bertz CT molecular complexity index is 792. The van der Waals surface area contributed by atoms with Crippen LogP contribution in [0.25, 0.3) is 0 Å². The summed E-state index contributed by atoms with van der Waals surface area (Å²) in [5.41, 5.74) is 2.90. The molecule has 2 heterocycles. The number of nitrogens with one attached hydrogen (secondary N) is 2. The van der Waals surface area contributed by atoms with E-state index in [1.807, 2.05) is 54.6 Å². The Morgan fingerprint density at radius 2 is 1.59 bits per heavy atom. The zero-order valence-corrected chi connectivity index (χ0v) is 12.8. The molecule has 2 aromatic carbocycles. The minimum absolute atomic E-state index is 0.117. The quantitative estimate of drug-likeness (QED) is 0.890. The van der Waals surface area contributed by atoms with Crippen LogP contribution in [0.5, 0.6) is 0 Å². The molecule has 0 spiro atoms. The van der Waals surface area contributed by atoms with Crippen LogP contribution in [-0.2, 0) is 16.6 Å². The summed E-state index contributed by atoms with van der Waals surface area (Å²) in [6, 6.07) is 17.4. The zero-order chi connectivity index (χ0) is 15.2. The molecule has 0 bridgehead atoms. The Kier molecular flexibility index (Phi) is 3.09. The first-order valence-corrected chi connectivity index (χ1v) is 8.90. The molecule has 0 radical (unpaired) electrons. The average Bonchev–Trinajstić information content (AvgIpc) is 2.76. The second-order valence-corrected chi connectivity index (χ2v) is 7.66. The molecule has 1 fully saturated rings. The predicted octanol–water partition coefficient (Wildman–Crippen LogP) is 2.06. The number of rotatable bonds is 2. The molecule has 114 valence electrons. The maximum Gasteiger partial charge on any atom is 0.218 e. The molecule has 5 nitrogen and oxygen atoms in total. The van der Waals surface area contributed by atoms with Crippen molar-refractivity contribution in [2.75, 3.05) is 16.4 Å². The van der Waals surface area contributed by atoms with E-state index < -0.39 is 10.0 Å². The van der Waals surface area contributed by atoms with Crippen LogP contribution >= 0.6 is 0 Å². The van der Waals surface area contributed by atoms with Crippen LogP contribution in [0, 0.1) is 0 Å². The third kappa shape index (κ3) is 2.24. The largest absolute Gasteiger partial charge is 0.376 e. The topological polar surface area (TPSA) is 61.4 Å². The lowest BCUT2D eigenvalue weighted by molar-refractivity contribution is 0.349. The molecule has 2 aliphatic rings. The monoisotopic (exact) mass is 315 g/mol. The molecule has 0 aliphatic carbocycles. The van der Waals surface area contributed by atoms with Crippen LogP contribution < -0.4 is 10.6 Å². The zero-order valence-electron chi connectivity index (χ0n) is 11.9. The van der Waals surface area contributed by atoms with Crippen molar-refractivity contribution in [2.45, 2.75) is 18.8 Å². The highest BCUT2D eigenvalue weighted by atomic mass is 32.2. The third-order valence-electron chi connectivity index (χ3n) is 4.19. The van der Waals surface area contributed by atoms with Crippen LogP contribution in [0.4, 0.5) is 11.4 Å².